The Morgan fingerprint density at radius 2 is 1.87 bits per heavy atom. The molecule has 3 rings (SSSR count). The van der Waals surface area contributed by atoms with Crippen molar-refractivity contribution in [3.8, 4) is 11.5 Å². The van der Waals surface area contributed by atoms with Crippen LogP contribution in [0, 0.1) is 0 Å². The van der Waals surface area contributed by atoms with Crippen molar-refractivity contribution >= 4 is 17.7 Å². The summed E-state index contributed by atoms with van der Waals surface area (Å²) < 4.78 is 11.5. The van der Waals surface area contributed by atoms with Gasteiger partial charge in [-0.2, -0.15) is 0 Å². The number of nitrogens with one attached hydrogen (secondary N) is 1. The molecule has 120 valence electrons. The van der Waals surface area contributed by atoms with Crippen LogP contribution < -0.4 is 14.8 Å². The van der Waals surface area contributed by atoms with Crippen molar-refractivity contribution in [2.24, 2.45) is 0 Å². The highest BCUT2D eigenvalue weighted by Crippen LogP contribution is 2.30. The van der Waals surface area contributed by atoms with Gasteiger partial charge in [0.1, 0.15) is 12.7 Å². The van der Waals surface area contributed by atoms with Crippen LogP contribution in [0.15, 0.2) is 59.5 Å². The number of carbonyl (C=O) groups is 1. The van der Waals surface area contributed by atoms with Crippen molar-refractivity contribution in [2.45, 2.75) is 23.2 Å². The summed E-state index contributed by atoms with van der Waals surface area (Å²) in [5.74, 6) is 1.48. The minimum atomic E-state index is -0.164. The van der Waals surface area contributed by atoms with Gasteiger partial charge in [0.05, 0.1) is 11.8 Å². The smallest absolute Gasteiger partial charge is 0.233 e. The maximum absolute atomic E-state index is 12.2. The first kappa shape index (κ1) is 15.7. The summed E-state index contributed by atoms with van der Waals surface area (Å²) in [6.07, 6.45) is -0.164. The second-order valence-electron chi connectivity index (χ2n) is 5.32. The van der Waals surface area contributed by atoms with Gasteiger partial charge in [-0.3, -0.25) is 4.79 Å². The standard InChI is InChI=1S/C18H19NO3S/c1-13(23-15-7-3-2-4-8-15)18(20)19-11-14-12-21-16-9-5-6-10-17(16)22-14/h2-10,13-14H,11-12H2,1H3,(H,19,20)/t13-,14+/m1/s1. The van der Waals surface area contributed by atoms with Crippen molar-refractivity contribution in [3.63, 3.8) is 0 Å². The van der Waals surface area contributed by atoms with E-state index in [-0.39, 0.29) is 17.3 Å². The Hall–Kier alpha value is -2.14. The lowest BCUT2D eigenvalue weighted by Crippen LogP contribution is -2.42. The number of amides is 1. The number of ether oxygens (including phenoxy) is 2. The van der Waals surface area contributed by atoms with E-state index in [0.29, 0.717) is 13.2 Å². The van der Waals surface area contributed by atoms with Crippen LogP contribution in [-0.2, 0) is 4.79 Å². The van der Waals surface area contributed by atoms with E-state index in [1.54, 1.807) is 11.8 Å². The van der Waals surface area contributed by atoms with Crippen molar-refractivity contribution in [3.05, 3.63) is 54.6 Å². The highest BCUT2D eigenvalue weighted by atomic mass is 32.2. The number of benzene rings is 2. The maximum atomic E-state index is 12.2. The normalized spacial score (nSPS) is 17.3. The number of carbonyl (C=O) groups excluding carboxylic acids is 1. The minimum Gasteiger partial charge on any atom is -0.486 e. The Morgan fingerprint density at radius 3 is 2.65 bits per heavy atom. The summed E-state index contributed by atoms with van der Waals surface area (Å²) in [6.45, 7) is 2.78. The molecule has 5 heteroatoms. The first-order valence-electron chi connectivity index (χ1n) is 7.60. The Labute approximate surface area is 140 Å². The summed E-state index contributed by atoms with van der Waals surface area (Å²) in [6, 6.07) is 17.5. The van der Waals surface area contributed by atoms with E-state index in [4.69, 9.17) is 9.47 Å². The molecule has 1 heterocycles. The number of fused-ring (bicyclic) bond motifs is 1. The molecule has 0 radical (unpaired) electrons. The molecule has 4 nitrogen and oxygen atoms in total. The number of rotatable bonds is 5. The zero-order valence-corrected chi connectivity index (χ0v) is 13.7. The molecule has 0 unspecified atom stereocenters. The van der Waals surface area contributed by atoms with Crippen molar-refractivity contribution in [1.29, 1.82) is 0 Å². The summed E-state index contributed by atoms with van der Waals surface area (Å²) in [7, 11) is 0. The van der Waals surface area contributed by atoms with Crippen LogP contribution in [0.4, 0.5) is 0 Å². The molecule has 0 saturated heterocycles. The summed E-state index contributed by atoms with van der Waals surface area (Å²) >= 11 is 1.54. The van der Waals surface area contributed by atoms with E-state index in [2.05, 4.69) is 5.32 Å². The van der Waals surface area contributed by atoms with Gasteiger partial charge in [-0.25, -0.2) is 0 Å². The third-order valence-electron chi connectivity index (χ3n) is 3.50. The minimum absolute atomic E-state index is 0.00121. The largest absolute Gasteiger partial charge is 0.486 e. The van der Waals surface area contributed by atoms with Gasteiger partial charge in [-0.15, -0.1) is 11.8 Å². The molecule has 0 saturated carbocycles. The number of thioether (sulfide) groups is 1. The molecule has 1 amide bonds. The molecule has 0 aliphatic carbocycles. The molecule has 2 aromatic carbocycles. The highest BCUT2D eigenvalue weighted by Gasteiger charge is 2.22. The van der Waals surface area contributed by atoms with Crippen LogP contribution in [0.1, 0.15) is 6.92 Å². The average molecular weight is 329 g/mol. The molecule has 1 aliphatic heterocycles. The Kier molecular flexibility index (Phi) is 5.08. The molecule has 0 bridgehead atoms. The third kappa shape index (κ3) is 4.20. The fourth-order valence-electron chi connectivity index (χ4n) is 2.28. The van der Waals surface area contributed by atoms with Crippen molar-refractivity contribution in [1.82, 2.24) is 5.32 Å². The molecule has 0 aromatic heterocycles. The molecular formula is C18H19NO3S. The molecule has 23 heavy (non-hydrogen) atoms. The van der Waals surface area contributed by atoms with Crippen LogP contribution in [0.25, 0.3) is 0 Å². The lowest BCUT2D eigenvalue weighted by molar-refractivity contribution is -0.120. The number of hydrogen-bond acceptors (Lipinski definition) is 4. The van der Waals surface area contributed by atoms with Gasteiger partial charge >= 0.3 is 0 Å². The topological polar surface area (TPSA) is 47.6 Å². The van der Waals surface area contributed by atoms with Crippen LogP contribution >= 0.6 is 11.8 Å². The molecule has 1 aliphatic rings. The van der Waals surface area contributed by atoms with Crippen LogP contribution in [0.5, 0.6) is 11.5 Å². The quantitative estimate of drug-likeness (QED) is 0.856. The summed E-state index contributed by atoms with van der Waals surface area (Å²) in [4.78, 5) is 13.3. The highest BCUT2D eigenvalue weighted by molar-refractivity contribution is 8.00. The van der Waals surface area contributed by atoms with E-state index < -0.39 is 0 Å². The average Bonchev–Trinajstić information content (AvgIpc) is 2.60. The van der Waals surface area contributed by atoms with Crippen molar-refractivity contribution < 1.29 is 14.3 Å². The van der Waals surface area contributed by atoms with Gasteiger partial charge in [0.2, 0.25) is 5.91 Å². The monoisotopic (exact) mass is 329 g/mol. The van der Waals surface area contributed by atoms with Crippen molar-refractivity contribution in [2.75, 3.05) is 13.2 Å². The number of para-hydroxylation sites is 2. The summed E-state index contributed by atoms with van der Waals surface area (Å²) in [5.41, 5.74) is 0. The van der Waals surface area contributed by atoms with Crippen LogP contribution in [0.2, 0.25) is 0 Å². The Morgan fingerprint density at radius 1 is 1.17 bits per heavy atom. The van der Waals surface area contributed by atoms with Gasteiger partial charge in [0.15, 0.2) is 11.5 Å². The molecular weight excluding hydrogens is 310 g/mol. The van der Waals surface area contributed by atoms with Gasteiger partial charge in [-0.1, -0.05) is 30.3 Å². The first-order valence-corrected chi connectivity index (χ1v) is 8.48. The fraction of sp³-hybridized carbons (Fsp3) is 0.278. The third-order valence-corrected chi connectivity index (χ3v) is 4.61. The van der Waals surface area contributed by atoms with Crippen LogP contribution in [0.3, 0.4) is 0 Å². The first-order chi connectivity index (χ1) is 11.2. The summed E-state index contributed by atoms with van der Waals surface area (Å²) in [5, 5.41) is 2.78. The van der Waals surface area contributed by atoms with Gasteiger partial charge in [0, 0.05) is 4.90 Å². The Balaban J connectivity index is 1.48. The predicted octanol–water partition coefficient (Wildman–Crippen LogP) is 3.12. The zero-order valence-electron chi connectivity index (χ0n) is 12.9. The molecule has 0 spiro atoms. The van der Waals surface area contributed by atoms with E-state index in [0.717, 1.165) is 16.4 Å². The van der Waals surface area contributed by atoms with E-state index in [1.165, 1.54) is 0 Å². The van der Waals surface area contributed by atoms with Gasteiger partial charge < -0.3 is 14.8 Å². The van der Waals surface area contributed by atoms with E-state index >= 15 is 0 Å². The molecule has 2 atom stereocenters. The number of hydrogen-bond donors (Lipinski definition) is 1. The second-order valence-corrected chi connectivity index (χ2v) is 6.73. The van der Waals surface area contributed by atoms with E-state index in [1.807, 2.05) is 61.5 Å². The van der Waals surface area contributed by atoms with Gasteiger partial charge in [0.25, 0.3) is 0 Å². The molecule has 2 aromatic rings. The lowest BCUT2D eigenvalue weighted by Gasteiger charge is -2.26. The zero-order chi connectivity index (χ0) is 16.1. The molecule has 0 fully saturated rings. The fourth-order valence-corrected chi connectivity index (χ4v) is 3.19. The van der Waals surface area contributed by atoms with Crippen LogP contribution in [-0.4, -0.2) is 30.4 Å². The Bertz CT molecular complexity index is 662. The predicted molar refractivity (Wildman–Crippen MR) is 91.1 cm³/mol. The van der Waals surface area contributed by atoms with E-state index in [9.17, 15) is 4.79 Å². The SMILES string of the molecule is C[C@@H](Sc1ccccc1)C(=O)NC[C@H]1COc2ccccc2O1. The van der Waals surface area contributed by atoms with Gasteiger partial charge in [-0.05, 0) is 31.2 Å². The maximum Gasteiger partial charge on any atom is 0.233 e. The lowest BCUT2D eigenvalue weighted by atomic mass is 10.2. The second kappa shape index (κ2) is 7.42. The molecule has 1 N–H and O–H groups in total.